The van der Waals surface area contributed by atoms with Crippen LogP contribution in [0.25, 0.3) is 11.4 Å². The van der Waals surface area contributed by atoms with Crippen molar-refractivity contribution in [2.45, 2.75) is 19.7 Å². The molecule has 3 heterocycles. The molecule has 0 spiro atoms. The molecule has 0 fully saturated rings. The number of benzene rings is 2. The van der Waals surface area contributed by atoms with Crippen molar-refractivity contribution in [1.29, 1.82) is 0 Å². The molecule has 0 unspecified atom stereocenters. The van der Waals surface area contributed by atoms with E-state index < -0.39 is 6.36 Å². The van der Waals surface area contributed by atoms with E-state index in [9.17, 15) is 13.2 Å². The molecule has 2 aromatic heterocycles. The summed E-state index contributed by atoms with van der Waals surface area (Å²) in [5.41, 5.74) is 5.84. The largest absolute Gasteiger partial charge is 0.573 e. The third-order valence-corrected chi connectivity index (χ3v) is 4.87. The van der Waals surface area contributed by atoms with Gasteiger partial charge in [0, 0.05) is 12.0 Å². The fourth-order valence-electron chi connectivity index (χ4n) is 3.48. The van der Waals surface area contributed by atoms with Crippen molar-refractivity contribution in [2.24, 2.45) is 0 Å². The minimum atomic E-state index is -4.72. The van der Waals surface area contributed by atoms with E-state index in [4.69, 9.17) is 0 Å². The number of imidazole rings is 1. The van der Waals surface area contributed by atoms with E-state index in [0.717, 1.165) is 28.3 Å². The second kappa shape index (κ2) is 7.02. The predicted molar refractivity (Wildman–Crippen MR) is 105 cm³/mol. The summed E-state index contributed by atoms with van der Waals surface area (Å²) in [7, 11) is 0. The molecule has 0 N–H and O–H groups in total. The Morgan fingerprint density at radius 3 is 2.61 bits per heavy atom. The first kappa shape index (κ1) is 18.9. The molecule has 2 aromatic carbocycles. The smallest absolute Gasteiger partial charge is 0.406 e. The molecule has 0 aliphatic carbocycles. The lowest BCUT2D eigenvalue weighted by molar-refractivity contribution is -0.274. The number of hydrogen-bond donors (Lipinski definition) is 0. The van der Waals surface area contributed by atoms with Crippen molar-refractivity contribution in [1.82, 2.24) is 24.5 Å². The van der Waals surface area contributed by atoms with Gasteiger partial charge in [-0.3, -0.25) is 4.57 Å². The van der Waals surface area contributed by atoms with Crippen molar-refractivity contribution in [3.05, 3.63) is 83.2 Å². The molecule has 0 saturated carbocycles. The van der Waals surface area contributed by atoms with Gasteiger partial charge in [0.05, 0.1) is 29.0 Å². The van der Waals surface area contributed by atoms with Gasteiger partial charge >= 0.3 is 6.36 Å². The molecule has 4 aromatic rings. The van der Waals surface area contributed by atoms with Crippen LogP contribution in [0.2, 0.25) is 0 Å². The van der Waals surface area contributed by atoms with Crippen LogP contribution in [0.5, 0.6) is 5.75 Å². The Hall–Kier alpha value is -4.06. The summed E-state index contributed by atoms with van der Waals surface area (Å²) in [6, 6.07) is 11.5. The molecule has 0 atom stereocenters. The van der Waals surface area contributed by atoms with Gasteiger partial charge in [-0.15, -0.1) is 18.3 Å². The highest BCUT2D eigenvalue weighted by molar-refractivity contribution is 5.58. The van der Waals surface area contributed by atoms with Crippen molar-refractivity contribution in [3.63, 3.8) is 0 Å². The molecule has 5 rings (SSSR count). The van der Waals surface area contributed by atoms with Gasteiger partial charge in [-0.1, -0.05) is 17.2 Å². The molecule has 0 saturated heterocycles. The van der Waals surface area contributed by atoms with Crippen LogP contribution in [0.3, 0.4) is 0 Å². The van der Waals surface area contributed by atoms with Crippen molar-refractivity contribution in [2.75, 3.05) is 0 Å². The summed E-state index contributed by atoms with van der Waals surface area (Å²) >= 11 is 0. The lowest BCUT2D eigenvalue weighted by atomic mass is 10.1. The van der Waals surface area contributed by atoms with Gasteiger partial charge in [-0.05, 0) is 54.8 Å². The van der Waals surface area contributed by atoms with E-state index in [2.05, 4.69) is 31.9 Å². The Morgan fingerprint density at radius 1 is 1.03 bits per heavy atom. The molecular weight excluding hydrogens is 407 g/mol. The third kappa shape index (κ3) is 3.64. The van der Waals surface area contributed by atoms with E-state index in [1.807, 2.05) is 34.4 Å². The summed E-state index contributed by atoms with van der Waals surface area (Å²) in [5, 5.41) is 8.27. The highest BCUT2D eigenvalue weighted by Crippen LogP contribution is 2.29. The fourth-order valence-corrected chi connectivity index (χ4v) is 3.48. The number of halogens is 3. The molecular formula is C22H14F3N5O. The monoisotopic (exact) mass is 421 g/mol. The maximum atomic E-state index is 12.3. The highest BCUT2D eigenvalue weighted by atomic mass is 19.4. The van der Waals surface area contributed by atoms with Gasteiger partial charge in [-0.25, -0.2) is 9.67 Å². The number of nitrogens with zero attached hydrogens (tertiary/aromatic N) is 5. The molecule has 154 valence electrons. The summed E-state index contributed by atoms with van der Waals surface area (Å²) in [4.78, 5) is 4.46. The van der Waals surface area contributed by atoms with Crippen LogP contribution in [0.15, 0.2) is 55.0 Å². The van der Waals surface area contributed by atoms with Crippen LogP contribution in [0.1, 0.15) is 28.2 Å². The number of rotatable bonds is 1. The molecule has 9 heteroatoms. The van der Waals surface area contributed by atoms with E-state index in [1.54, 1.807) is 12.5 Å². The summed E-state index contributed by atoms with van der Waals surface area (Å²) in [6.07, 6.45) is -0.764. The van der Waals surface area contributed by atoms with Crippen LogP contribution in [-0.4, -0.2) is 30.9 Å². The first-order chi connectivity index (χ1) is 14.9. The Bertz CT molecular complexity index is 1340. The molecule has 1 aliphatic heterocycles. The van der Waals surface area contributed by atoms with Gasteiger partial charge < -0.3 is 4.74 Å². The molecule has 31 heavy (non-hydrogen) atoms. The molecule has 1 aliphatic rings. The predicted octanol–water partition coefficient (Wildman–Crippen LogP) is 3.96. The number of aromatic nitrogens is 5. The molecule has 0 bridgehead atoms. The number of hydrogen-bond acceptors (Lipinski definition) is 4. The second-order valence-corrected chi connectivity index (χ2v) is 7.04. The standard InChI is InChI=1S/C22H14F3N5O/c1-14-2-9-19-21(10-14)30-16(12-27-28-30)11-20-18(26-13-29(19)20)8-5-15-3-6-17(7-4-15)31-22(23,24)25/h2-4,6-7,9-10,12-13H,11H2,1H3. The Kier molecular flexibility index (Phi) is 4.29. The van der Waals surface area contributed by atoms with Crippen LogP contribution in [0, 0.1) is 18.8 Å². The van der Waals surface area contributed by atoms with Crippen molar-refractivity contribution < 1.29 is 17.9 Å². The van der Waals surface area contributed by atoms with E-state index >= 15 is 0 Å². The summed E-state index contributed by atoms with van der Waals surface area (Å²) < 4.78 is 44.6. The molecule has 0 radical (unpaired) electrons. The maximum absolute atomic E-state index is 12.3. The van der Waals surface area contributed by atoms with Gasteiger partial charge in [0.25, 0.3) is 0 Å². The van der Waals surface area contributed by atoms with Gasteiger partial charge in [0.15, 0.2) is 0 Å². The van der Waals surface area contributed by atoms with Crippen molar-refractivity contribution >= 4 is 0 Å². The number of aryl methyl sites for hydroxylation is 1. The minimum Gasteiger partial charge on any atom is -0.406 e. The Morgan fingerprint density at radius 2 is 1.84 bits per heavy atom. The Labute approximate surface area is 174 Å². The fraction of sp³-hybridized carbons (Fsp3) is 0.136. The van der Waals surface area contributed by atoms with Gasteiger partial charge in [0.2, 0.25) is 0 Å². The van der Waals surface area contributed by atoms with Gasteiger partial charge in [-0.2, -0.15) is 0 Å². The number of fused-ring (bicyclic) bond motifs is 5. The molecule has 0 amide bonds. The van der Waals surface area contributed by atoms with Crippen LogP contribution in [-0.2, 0) is 6.42 Å². The topological polar surface area (TPSA) is 57.8 Å². The maximum Gasteiger partial charge on any atom is 0.573 e. The lowest BCUT2D eigenvalue weighted by Gasteiger charge is -2.10. The first-order valence-electron chi connectivity index (χ1n) is 9.32. The summed E-state index contributed by atoms with van der Waals surface area (Å²) in [5.74, 6) is 5.70. The number of alkyl halides is 3. The Balaban J connectivity index is 1.52. The third-order valence-electron chi connectivity index (χ3n) is 4.87. The van der Waals surface area contributed by atoms with Crippen molar-refractivity contribution in [3.8, 4) is 29.0 Å². The van der Waals surface area contributed by atoms with Crippen LogP contribution < -0.4 is 4.74 Å². The van der Waals surface area contributed by atoms with Gasteiger partial charge in [0.1, 0.15) is 17.8 Å². The highest BCUT2D eigenvalue weighted by Gasteiger charge is 2.31. The average molecular weight is 421 g/mol. The van der Waals surface area contributed by atoms with E-state index in [1.165, 1.54) is 24.3 Å². The first-order valence-corrected chi connectivity index (χ1v) is 9.32. The normalized spacial score (nSPS) is 12.1. The number of ether oxygens (including phenoxy) is 1. The van der Waals surface area contributed by atoms with Crippen LogP contribution in [0.4, 0.5) is 13.2 Å². The quantitative estimate of drug-likeness (QED) is 0.385. The zero-order chi connectivity index (χ0) is 21.6. The lowest BCUT2D eigenvalue weighted by Crippen LogP contribution is -2.16. The van der Waals surface area contributed by atoms with Crippen LogP contribution >= 0.6 is 0 Å². The summed E-state index contributed by atoms with van der Waals surface area (Å²) in [6.45, 7) is 2.01. The second-order valence-electron chi connectivity index (χ2n) is 7.04. The van der Waals surface area contributed by atoms with E-state index in [0.29, 0.717) is 17.7 Å². The zero-order valence-corrected chi connectivity index (χ0v) is 16.2. The zero-order valence-electron chi connectivity index (χ0n) is 16.2. The SMILES string of the molecule is Cc1ccc2c(c1)-n1nncc1Cc1c(C#Cc3ccc(OC(F)(F)F)cc3)ncn1-2. The average Bonchev–Trinajstić information content (AvgIpc) is 3.31. The van der Waals surface area contributed by atoms with E-state index in [-0.39, 0.29) is 5.75 Å². The minimum absolute atomic E-state index is 0.290. The molecule has 6 nitrogen and oxygen atoms in total.